The Labute approximate surface area is 173 Å². The standard InChI is InChI=1S/C5H2NO.4C4H9.Li.Sn/c6-4-5-2-1-3-7-5;4*1-3-4-2;;/h2-3H;4*1,3-4H2,2H3;;/q;;;;-1;+1;. The Morgan fingerprint density at radius 2 is 1.40 bits per heavy atom. The summed E-state index contributed by atoms with van der Waals surface area (Å²) in [5.41, 5.74) is 0. The van der Waals surface area contributed by atoms with E-state index in [9.17, 15) is 0 Å². The third-order valence-corrected chi connectivity index (χ3v) is 20.2. The molecule has 0 spiro atoms. The van der Waals surface area contributed by atoms with Crippen LogP contribution in [0.1, 0.15) is 84.8 Å². The van der Waals surface area contributed by atoms with Gasteiger partial charge in [0.15, 0.2) is 0 Å². The first-order chi connectivity index (χ1) is 11.6. The van der Waals surface area contributed by atoms with E-state index in [-0.39, 0.29) is 18.9 Å². The van der Waals surface area contributed by atoms with E-state index in [2.05, 4.69) is 46.8 Å². The van der Waals surface area contributed by atoms with Crippen molar-refractivity contribution in [3.8, 4) is 6.07 Å². The minimum atomic E-state index is -2.34. The van der Waals surface area contributed by atoms with Crippen LogP contribution in [0.25, 0.3) is 0 Å². The average Bonchev–Trinajstić information content (AvgIpc) is 3.11. The predicted molar refractivity (Wildman–Crippen MR) is 108 cm³/mol. The number of nitrogens with zero attached hydrogens (tertiary/aromatic N) is 1. The number of unbranched alkanes of at least 4 members (excludes halogenated alkanes) is 4. The van der Waals surface area contributed by atoms with Gasteiger partial charge in [-0.15, -0.1) is 0 Å². The van der Waals surface area contributed by atoms with E-state index in [1.807, 2.05) is 6.26 Å². The van der Waals surface area contributed by atoms with Gasteiger partial charge in [-0.2, -0.15) is 6.42 Å². The summed E-state index contributed by atoms with van der Waals surface area (Å²) in [5, 5.41) is 9.02. The van der Waals surface area contributed by atoms with Crippen LogP contribution >= 0.6 is 0 Å². The van der Waals surface area contributed by atoms with Gasteiger partial charge in [0.1, 0.15) is 0 Å². The second-order valence-electron chi connectivity index (χ2n) is 6.76. The largest absolute Gasteiger partial charge is 1.00 e. The molecule has 0 aliphatic carbocycles. The van der Waals surface area contributed by atoms with E-state index >= 15 is 0 Å². The molecule has 1 aromatic rings. The molecule has 0 fully saturated rings. The summed E-state index contributed by atoms with van der Waals surface area (Å²) in [6.45, 7) is 12.6. The van der Waals surface area contributed by atoms with E-state index in [0.29, 0.717) is 5.76 Å². The Bertz CT molecular complexity index is 429. The normalized spacial score (nSPS) is 10.4. The molecule has 0 aromatic carbocycles. The van der Waals surface area contributed by atoms with Crippen molar-refractivity contribution in [2.24, 2.45) is 0 Å². The van der Waals surface area contributed by atoms with Crippen LogP contribution in [-0.2, 0) is 0 Å². The molecule has 0 saturated heterocycles. The maximum absolute atomic E-state index is 9.02. The molecule has 138 valence electrons. The van der Waals surface area contributed by atoms with Crippen molar-refractivity contribution in [2.75, 3.05) is 0 Å². The van der Waals surface area contributed by atoms with Crippen LogP contribution in [0.2, 0.25) is 13.3 Å². The van der Waals surface area contributed by atoms with Crippen molar-refractivity contribution in [2.45, 2.75) is 92.4 Å². The minimum Gasteiger partial charge on any atom is -0.343 e. The number of nitriles is 1. The molecular formula is C21H38LiNOSn. The summed E-state index contributed by atoms with van der Waals surface area (Å²) in [7, 11) is 0. The smallest absolute Gasteiger partial charge is 0.343 e. The topological polar surface area (TPSA) is 36.9 Å². The molecule has 0 atom stereocenters. The van der Waals surface area contributed by atoms with Gasteiger partial charge in [-0.05, 0) is 0 Å². The van der Waals surface area contributed by atoms with Gasteiger partial charge < -0.3 is 6.92 Å². The van der Waals surface area contributed by atoms with E-state index < -0.39 is 18.4 Å². The first-order valence-corrected chi connectivity index (χ1v) is 17.4. The third-order valence-electron chi connectivity index (χ3n) is 4.70. The fourth-order valence-electron chi connectivity index (χ4n) is 3.03. The van der Waals surface area contributed by atoms with Crippen LogP contribution < -0.4 is 22.4 Å². The van der Waals surface area contributed by atoms with Gasteiger partial charge >= 0.3 is 147 Å². The Balaban J connectivity index is 0. The molecule has 1 rings (SSSR count). The zero-order valence-electron chi connectivity index (χ0n) is 17.5. The molecule has 0 amide bonds. The zero-order valence-corrected chi connectivity index (χ0v) is 20.3. The summed E-state index contributed by atoms with van der Waals surface area (Å²) < 4.78 is 11.2. The van der Waals surface area contributed by atoms with Crippen LogP contribution in [0.5, 0.6) is 0 Å². The van der Waals surface area contributed by atoms with Gasteiger partial charge in [-0.1, -0.05) is 13.3 Å². The monoisotopic (exact) mass is 447 g/mol. The summed E-state index contributed by atoms with van der Waals surface area (Å²) in [6, 6.07) is 4.22. The van der Waals surface area contributed by atoms with Crippen molar-refractivity contribution in [1.82, 2.24) is 0 Å². The SMILES string of the molecule is CCC[CH2][Sn]([CH2]CCC)([CH2]CCC)[c]1coc(C#N)c1.[CH2-]CCC.[Li+]. The van der Waals surface area contributed by atoms with E-state index in [0.717, 1.165) is 6.42 Å². The van der Waals surface area contributed by atoms with Crippen LogP contribution in [0, 0.1) is 18.3 Å². The van der Waals surface area contributed by atoms with Gasteiger partial charge in [0.05, 0.1) is 0 Å². The molecular weight excluding hydrogens is 408 g/mol. The molecule has 1 heterocycles. The molecule has 0 unspecified atom stereocenters. The Morgan fingerprint density at radius 1 is 0.960 bits per heavy atom. The van der Waals surface area contributed by atoms with E-state index in [1.54, 1.807) is 0 Å². The number of hydrogen-bond acceptors (Lipinski definition) is 2. The summed E-state index contributed by atoms with van der Waals surface area (Å²) in [5.74, 6) is 0.505. The van der Waals surface area contributed by atoms with Crippen LogP contribution in [-0.4, -0.2) is 18.4 Å². The van der Waals surface area contributed by atoms with Crippen molar-refractivity contribution in [3.05, 3.63) is 25.0 Å². The molecule has 25 heavy (non-hydrogen) atoms. The summed E-state index contributed by atoms with van der Waals surface area (Å²) in [6.07, 6.45) is 12.1. The maximum atomic E-state index is 9.02. The van der Waals surface area contributed by atoms with Gasteiger partial charge in [0.2, 0.25) is 0 Å². The first kappa shape index (κ1) is 27.4. The fourth-order valence-corrected chi connectivity index (χ4v) is 18.6. The summed E-state index contributed by atoms with van der Waals surface area (Å²) >= 11 is -2.34. The quantitative estimate of drug-likeness (QED) is 0.383. The number of hydrogen-bond donors (Lipinski definition) is 0. The molecule has 0 radical (unpaired) electrons. The average molecular weight is 446 g/mol. The van der Waals surface area contributed by atoms with Gasteiger partial charge in [0.25, 0.3) is 0 Å². The molecule has 0 bridgehead atoms. The Hall–Kier alpha value is 0.166. The van der Waals surface area contributed by atoms with E-state index in [1.165, 1.54) is 61.8 Å². The minimum absolute atomic E-state index is 0. The Kier molecular flexibility index (Phi) is 19.3. The van der Waals surface area contributed by atoms with Gasteiger partial charge in [0, 0.05) is 0 Å². The molecule has 2 nitrogen and oxygen atoms in total. The molecule has 4 heteroatoms. The number of furan rings is 1. The molecule has 0 aliphatic heterocycles. The Morgan fingerprint density at radius 3 is 1.68 bits per heavy atom. The second-order valence-corrected chi connectivity index (χ2v) is 20.0. The van der Waals surface area contributed by atoms with Gasteiger partial charge in [-0.25, -0.2) is 0 Å². The van der Waals surface area contributed by atoms with E-state index in [4.69, 9.17) is 9.68 Å². The maximum Gasteiger partial charge on any atom is 1.00 e. The summed E-state index contributed by atoms with van der Waals surface area (Å²) in [4.78, 5) is 0. The van der Waals surface area contributed by atoms with Crippen molar-refractivity contribution >= 4 is 22.0 Å². The molecule has 1 aromatic heterocycles. The number of rotatable bonds is 11. The molecule has 0 N–H and O–H groups in total. The zero-order chi connectivity index (χ0) is 18.3. The van der Waals surface area contributed by atoms with Crippen molar-refractivity contribution in [1.29, 1.82) is 5.26 Å². The van der Waals surface area contributed by atoms with Gasteiger partial charge in [-0.3, -0.25) is 0 Å². The van der Waals surface area contributed by atoms with Crippen molar-refractivity contribution < 1.29 is 23.3 Å². The fraction of sp³-hybridized carbons (Fsp3) is 0.714. The second kappa shape index (κ2) is 17.6. The molecule has 0 saturated carbocycles. The van der Waals surface area contributed by atoms with Crippen molar-refractivity contribution in [3.63, 3.8) is 0 Å². The predicted octanol–water partition coefficient (Wildman–Crippen LogP) is 3.83. The van der Waals surface area contributed by atoms with Crippen LogP contribution in [0.15, 0.2) is 16.7 Å². The molecule has 0 aliphatic rings. The van der Waals surface area contributed by atoms with Crippen LogP contribution in [0.4, 0.5) is 0 Å². The third kappa shape index (κ3) is 10.8. The van der Waals surface area contributed by atoms with Crippen LogP contribution in [0.3, 0.4) is 0 Å². The first-order valence-electron chi connectivity index (χ1n) is 9.92.